The van der Waals surface area contributed by atoms with Gasteiger partial charge in [0.1, 0.15) is 0 Å². The van der Waals surface area contributed by atoms with Crippen molar-refractivity contribution in [1.82, 2.24) is 5.32 Å². The van der Waals surface area contributed by atoms with E-state index in [9.17, 15) is 0 Å². The van der Waals surface area contributed by atoms with Crippen LogP contribution in [0.1, 0.15) is 24.5 Å². The maximum Gasteiger partial charge on any atom is 0.0718 e. The predicted molar refractivity (Wildman–Crippen MR) is 80.8 cm³/mol. The van der Waals surface area contributed by atoms with E-state index in [-0.39, 0.29) is 0 Å². The van der Waals surface area contributed by atoms with E-state index in [0.717, 1.165) is 13.1 Å². The Morgan fingerprint density at radius 1 is 0.900 bits per heavy atom. The molecule has 0 fully saturated rings. The summed E-state index contributed by atoms with van der Waals surface area (Å²) >= 11 is 0. The fourth-order valence-corrected chi connectivity index (χ4v) is 1.72. The van der Waals surface area contributed by atoms with E-state index in [1.807, 2.05) is 0 Å². The molecule has 0 radical (unpaired) electrons. The van der Waals surface area contributed by atoms with Gasteiger partial charge in [-0.2, -0.15) is 0 Å². The summed E-state index contributed by atoms with van der Waals surface area (Å²) in [5.41, 5.74) is 2.51. The summed E-state index contributed by atoms with van der Waals surface area (Å²) < 4.78 is 15.8. The molecule has 1 rings (SSSR count). The second kappa shape index (κ2) is 11.9. The third-order valence-electron chi connectivity index (χ3n) is 2.85. The second-order valence-corrected chi connectivity index (χ2v) is 4.65. The number of hydrogen-bond acceptors (Lipinski definition) is 4. The highest BCUT2D eigenvalue weighted by atomic mass is 16.5. The third kappa shape index (κ3) is 8.27. The standard InChI is InChI=1S/C16H27NO3/c1-3-8-17-13-15-4-6-16(7-5-15)14-20-12-11-19-10-9-18-2/h4-7,17H,3,8-14H2,1-2H3. The first-order chi connectivity index (χ1) is 9.86. The molecule has 0 amide bonds. The maximum absolute atomic E-state index is 5.56. The normalized spacial score (nSPS) is 10.9. The lowest BCUT2D eigenvalue weighted by Crippen LogP contribution is -2.13. The molecule has 0 unspecified atom stereocenters. The fourth-order valence-electron chi connectivity index (χ4n) is 1.72. The van der Waals surface area contributed by atoms with E-state index in [2.05, 4.69) is 36.5 Å². The molecule has 0 bridgehead atoms. The quantitative estimate of drug-likeness (QED) is 0.597. The molecule has 1 aromatic carbocycles. The number of nitrogens with one attached hydrogen (secondary N) is 1. The lowest BCUT2D eigenvalue weighted by Gasteiger charge is -2.07. The highest BCUT2D eigenvalue weighted by Gasteiger charge is 1.96. The molecule has 114 valence electrons. The SMILES string of the molecule is CCCNCc1ccc(COCCOCCOC)cc1. The Balaban J connectivity index is 2.08. The van der Waals surface area contributed by atoms with Crippen LogP contribution in [0.4, 0.5) is 0 Å². The first-order valence-electron chi connectivity index (χ1n) is 7.29. The predicted octanol–water partition coefficient (Wildman–Crippen LogP) is 2.37. The minimum Gasteiger partial charge on any atom is -0.382 e. The number of rotatable bonds is 12. The lowest BCUT2D eigenvalue weighted by molar-refractivity contribution is 0.0199. The van der Waals surface area contributed by atoms with Gasteiger partial charge in [0.05, 0.1) is 33.0 Å². The molecule has 0 aliphatic heterocycles. The zero-order valence-electron chi connectivity index (χ0n) is 12.7. The first kappa shape index (κ1) is 17.1. The summed E-state index contributed by atoms with van der Waals surface area (Å²) in [5, 5.41) is 3.39. The number of methoxy groups -OCH3 is 1. The van der Waals surface area contributed by atoms with Crippen molar-refractivity contribution in [3.8, 4) is 0 Å². The molecule has 20 heavy (non-hydrogen) atoms. The molecule has 0 saturated carbocycles. The molecular weight excluding hydrogens is 254 g/mol. The molecule has 4 nitrogen and oxygen atoms in total. The van der Waals surface area contributed by atoms with Crippen molar-refractivity contribution in [2.45, 2.75) is 26.5 Å². The van der Waals surface area contributed by atoms with E-state index < -0.39 is 0 Å². The Morgan fingerprint density at radius 2 is 1.55 bits per heavy atom. The maximum atomic E-state index is 5.56. The van der Waals surface area contributed by atoms with Gasteiger partial charge in [-0.1, -0.05) is 31.2 Å². The average molecular weight is 281 g/mol. The van der Waals surface area contributed by atoms with E-state index in [1.165, 1.54) is 17.5 Å². The van der Waals surface area contributed by atoms with Gasteiger partial charge in [0.25, 0.3) is 0 Å². The first-order valence-corrected chi connectivity index (χ1v) is 7.29. The van der Waals surface area contributed by atoms with Crippen LogP contribution in [0.5, 0.6) is 0 Å². The Kier molecular flexibility index (Phi) is 10.1. The smallest absolute Gasteiger partial charge is 0.0718 e. The van der Waals surface area contributed by atoms with Gasteiger partial charge in [0, 0.05) is 13.7 Å². The Labute approximate surface area is 122 Å². The monoisotopic (exact) mass is 281 g/mol. The van der Waals surface area contributed by atoms with Crippen LogP contribution in [0.3, 0.4) is 0 Å². The third-order valence-corrected chi connectivity index (χ3v) is 2.85. The molecule has 0 spiro atoms. The van der Waals surface area contributed by atoms with Crippen molar-refractivity contribution >= 4 is 0 Å². The summed E-state index contributed by atoms with van der Waals surface area (Å²) in [6.45, 7) is 7.29. The molecule has 0 aliphatic carbocycles. The van der Waals surface area contributed by atoms with Crippen LogP contribution in [-0.2, 0) is 27.4 Å². The van der Waals surface area contributed by atoms with Crippen molar-refractivity contribution in [2.75, 3.05) is 40.1 Å². The van der Waals surface area contributed by atoms with Crippen molar-refractivity contribution in [1.29, 1.82) is 0 Å². The zero-order chi connectivity index (χ0) is 14.5. The molecule has 0 saturated heterocycles. The highest BCUT2D eigenvalue weighted by Crippen LogP contribution is 2.05. The summed E-state index contributed by atoms with van der Waals surface area (Å²) in [4.78, 5) is 0. The van der Waals surface area contributed by atoms with Gasteiger partial charge in [-0.15, -0.1) is 0 Å². The van der Waals surface area contributed by atoms with E-state index in [4.69, 9.17) is 14.2 Å². The minimum atomic E-state index is 0.613. The van der Waals surface area contributed by atoms with Gasteiger partial charge in [0.2, 0.25) is 0 Å². The van der Waals surface area contributed by atoms with Crippen molar-refractivity contribution in [3.63, 3.8) is 0 Å². The van der Waals surface area contributed by atoms with Crippen molar-refractivity contribution in [3.05, 3.63) is 35.4 Å². The molecule has 1 aromatic rings. The summed E-state index contributed by atoms with van der Waals surface area (Å²) in [6, 6.07) is 8.54. The van der Waals surface area contributed by atoms with E-state index >= 15 is 0 Å². The number of ether oxygens (including phenoxy) is 3. The van der Waals surface area contributed by atoms with Crippen LogP contribution in [0, 0.1) is 0 Å². The zero-order valence-corrected chi connectivity index (χ0v) is 12.7. The molecule has 0 heterocycles. The molecule has 4 heteroatoms. The Hall–Kier alpha value is -0.940. The van der Waals surface area contributed by atoms with Crippen molar-refractivity contribution < 1.29 is 14.2 Å². The number of benzene rings is 1. The Bertz CT molecular complexity index is 327. The van der Waals surface area contributed by atoms with Crippen LogP contribution >= 0.6 is 0 Å². The van der Waals surface area contributed by atoms with Crippen LogP contribution in [-0.4, -0.2) is 40.1 Å². The van der Waals surface area contributed by atoms with Gasteiger partial charge in [-0.05, 0) is 24.1 Å². The highest BCUT2D eigenvalue weighted by molar-refractivity contribution is 5.21. The van der Waals surface area contributed by atoms with Gasteiger partial charge in [0.15, 0.2) is 0 Å². The average Bonchev–Trinajstić information content (AvgIpc) is 2.48. The molecule has 0 aromatic heterocycles. The van der Waals surface area contributed by atoms with Gasteiger partial charge >= 0.3 is 0 Å². The van der Waals surface area contributed by atoms with E-state index in [1.54, 1.807) is 7.11 Å². The summed E-state index contributed by atoms with van der Waals surface area (Å²) in [6.07, 6.45) is 1.17. The van der Waals surface area contributed by atoms with E-state index in [0.29, 0.717) is 33.0 Å². The molecular formula is C16H27NO3. The lowest BCUT2D eigenvalue weighted by atomic mass is 10.1. The molecule has 1 N–H and O–H groups in total. The van der Waals surface area contributed by atoms with Crippen LogP contribution in [0.2, 0.25) is 0 Å². The van der Waals surface area contributed by atoms with Crippen LogP contribution in [0.15, 0.2) is 24.3 Å². The molecule has 0 atom stereocenters. The summed E-state index contributed by atoms with van der Waals surface area (Å²) in [5.74, 6) is 0. The minimum absolute atomic E-state index is 0.613. The largest absolute Gasteiger partial charge is 0.382 e. The van der Waals surface area contributed by atoms with Gasteiger partial charge in [-0.3, -0.25) is 0 Å². The Morgan fingerprint density at radius 3 is 2.25 bits per heavy atom. The van der Waals surface area contributed by atoms with Gasteiger partial charge in [-0.25, -0.2) is 0 Å². The van der Waals surface area contributed by atoms with Gasteiger partial charge < -0.3 is 19.5 Å². The van der Waals surface area contributed by atoms with Crippen LogP contribution in [0.25, 0.3) is 0 Å². The van der Waals surface area contributed by atoms with Crippen molar-refractivity contribution in [2.24, 2.45) is 0 Å². The topological polar surface area (TPSA) is 39.7 Å². The fraction of sp³-hybridized carbons (Fsp3) is 0.625. The molecule has 0 aliphatic rings. The number of hydrogen-bond donors (Lipinski definition) is 1. The summed E-state index contributed by atoms with van der Waals surface area (Å²) in [7, 11) is 1.67. The van der Waals surface area contributed by atoms with Crippen LogP contribution < -0.4 is 5.32 Å². The second-order valence-electron chi connectivity index (χ2n) is 4.65.